The molecule has 7 nitrogen and oxygen atoms in total. The summed E-state index contributed by atoms with van der Waals surface area (Å²) in [7, 11) is 0. The number of rotatable bonds is 5. The summed E-state index contributed by atoms with van der Waals surface area (Å²) in [5.41, 5.74) is 2.57. The molecule has 1 aliphatic heterocycles. The second-order valence-electron chi connectivity index (χ2n) is 8.67. The van der Waals surface area contributed by atoms with Gasteiger partial charge in [0.25, 0.3) is 0 Å². The largest absolute Gasteiger partial charge is 0.396 e. The first-order chi connectivity index (χ1) is 16.7. The smallest absolute Gasteiger partial charge is 0.355 e. The molecule has 35 heavy (non-hydrogen) atoms. The molecule has 0 bridgehead atoms. The second kappa shape index (κ2) is 8.71. The molecule has 2 aromatic rings. The predicted octanol–water partition coefficient (Wildman–Crippen LogP) is 5.49. The monoisotopic (exact) mass is 487 g/mol. The lowest BCUT2D eigenvalue weighted by molar-refractivity contribution is -0.173. The van der Waals surface area contributed by atoms with Gasteiger partial charge in [0.1, 0.15) is 11.6 Å². The van der Waals surface area contributed by atoms with Crippen molar-refractivity contribution in [1.82, 2.24) is 9.88 Å². The normalized spacial score (nSPS) is 21.7. The van der Waals surface area contributed by atoms with Crippen molar-refractivity contribution in [2.45, 2.75) is 31.6 Å². The third-order valence-electron chi connectivity index (χ3n) is 6.16. The van der Waals surface area contributed by atoms with E-state index in [1.165, 1.54) is 0 Å². The van der Waals surface area contributed by atoms with E-state index in [1.54, 1.807) is 41.4 Å². The minimum atomic E-state index is -4.75. The Balaban J connectivity index is 1.28. The average molecular weight is 487 g/mol. The quantitative estimate of drug-likeness (QED) is 0.487. The summed E-state index contributed by atoms with van der Waals surface area (Å²) in [4.78, 5) is 30.8. The number of alkyl halides is 3. The van der Waals surface area contributed by atoms with Gasteiger partial charge >= 0.3 is 12.2 Å². The number of pyridine rings is 1. The first-order valence-electron chi connectivity index (χ1n) is 11.0. The van der Waals surface area contributed by atoms with Crippen LogP contribution >= 0.6 is 0 Å². The molecule has 3 N–H and O–H groups in total. The van der Waals surface area contributed by atoms with Crippen molar-refractivity contribution >= 4 is 34.8 Å². The Morgan fingerprint density at radius 3 is 2.51 bits per heavy atom. The summed E-state index contributed by atoms with van der Waals surface area (Å²) in [6.45, 7) is 0.431. The second-order valence-corrected chi connectivity index (χ2v) is 8.67. The van der Waals surface area contributed by atoms with Crippen LogP contribution < -0.4 is 16.0 Å². The van der Waals surface area contributed by atoms with Crippen LogP contribution in [0.4, 0.5) is 45.2 Å². The highest BCUT2D eigenvalue weighted by atomic mass is 19.4. The van der Waals surface area contributed by atoms with Crippen molar-refractivity contribution in [2.75, 3.05) is 16.0 Å². The lowest BCUT2D eigenvalue weighted by Crippen LogP contribution is -2.40. The molecule has 2 heterocycles. The number of urea groups is 1. The maximum atomic E-state index is 13.3. The highest BCUT2D eigenvalue weighted by Gasteiger charge is 2.46. The number of carbonyl (C=O) groups excluding carboxylic acids is 2. The highest BCUT2D eigenvalue weighted by molar-refractivity contribution is 5.95. The van der Waals surface area contributed by atoms with Crippen LogP contribution in [0.1, 0.15) is 18.4 Å². The highest BCUT2D eigenvalue weighted by Crippen LogP contribution is 2.39. The molecular formula is C24H21F4N5O2. The molecule has 0 radical (unpaired) electrons. The topological polar surface area (TPSA) is 86.4 Å². The molecule has 1 fully saturated rings. The van der Waals surface area contributed by atoms with Gasteiger partial charge in [-0.2, -0.15) is 13.2 Å². The van der Waals surface area contributed by atoms with E-state index < -0.39 is 29.7 Å². The van der Waals surface area contributed by atoms with Gasteiger partial charge in [-0.1, -0.05) is 6.08 Å². The number of nitrogens with zero attached hydrogens (tertiary/aromatic N) is 2. The number of amides is 3. The van der Waals surface area contributed by atoms with Crippen LogP contribution in [-0.4, -0.2) is 34.0 Å². The zero-order valence-corrected chi connectivity index (χ0v) is 18.3. The zero-order chi connectivity index (χ0) is 24.7. The van der Waals surface area contributed by atoms with E-state index in [0.29, 0.717) is 29.8 Å². The van der Waals surface area contributed by atoms with E-state index in [1.807, 2.05) is 0 Å². The molecule has 182 valence electrons. The predicted molar refractivity (Wildman–Crippen MR) is 122 cm³/mol. The first-order valence-corrected chi connectivity index (χ1v) is 11.0. The summed E-state index contributed by atoms with van der Waals surface area (Å²) in [6, 6.07) is 8.30. The van der Waals surface area contributed by atoms with Crippen molar-refractivity contribution < 1.29 is 27.2 Å². The van der Waals surface area contributed by atoms with Gasteiger partial charge in [0.2, 0.25) is 5.91 Å². The number of nitrogens with one attached hydrogen (secondary N) is 3. The van der Waals surface area contributed by atoms with E-state index >= 15 is 0 Å². The number of hydrogen-bond acceptors (Lipinski definition) is 4. The standard InChI is InChI=1S/C24H21F4N5O2/c25-13-1-8-17(19(11-13)24(26,27)28)22(34)31-15-4-2-14(3-5-15)30-20-9-10-29-21-18(20)12-33(16-6-7-16)23(35)32-21/h1-5,8-11,16-17,19H,6-7,12H2,(H,31,34)(H2,29,30,32,35). The van der Waals surface area contributed by atoms with Crippen LogP contribution in [0.25, 0.3) is 0 Å². The summed E-state index contributed by atoms with van der Waals surface area (Å²) in [5, 5.41) is 8.54. The van der Waals surface area contributed by atoms with Gasteiger partial charge in [-0.15, -0.1) is 0 Å². The SMILES string of the molecule is O=C(Nc1ccc(Nc2ccnc3c2CN(C2CC2)C(=O)N3)cc1)C1C=CC(F)=CC1C(F)(F)F. The number of fused-ring (bicyclic) bond motifs is 1. The maximum absolute atomic E-state index is 13.3. The minimum absolute atomic E-state index is 0.163. The average Bonchev–Trinajstić information content (AvgIpc) is 3.65. The molecule has 3 aliphatic rings. The van der Waals surface area contributed by atoms with Crippen LogP contribution in [-0.2, 0) is 11.3 Å². The van der Waals surface area contributed by atoms with Crippen LogP contribution in [0, 0.1) is 11.8 Å². The first kappa shape index (κ1) is 22.9. The van der Waals surface area contributed by atoms with Gasteiger partial charge in [0, 0.05) is 34.9 Å². The minimum Gasteiger partial charge on any atom is -0.355 e. The van der Waals surface area contributed by atoms with E-state index in [0.717, 1.165) is 36.2 Å². The van der Waals surface area contributed by atoms with E-state index in [-0.39, 0.29) is 12.1 Å². The number of anilines is 4. The number of aromatic nitrogens is 1. The van der Waals surface area contributed by atoms with Crippen molar-refractivity contribution in [3.63, 3.8) is 0 Å². The molecule has 1 saturated carbocycles. The van der Waals surface area contributed by atoms with Gasteiger partial charge in [0.15, 0.2) is 0 Å². The van der Waals surface area contributed by atoms with Gasteiger partial charge in [-0.25, -0.2) is 14.2 Å². The van der Waals surface area contributed by atoms with E-state index in [9.17, 15) is 27.2 Å². The molecule has 0 spiro atoms. The van der Waals surface area contributed by atoms with E-state index in [4.69, 9.17) is 0 Å². The number of hydrogen-bond donors (Lipinski definition) is 3. The summed E-state index contributed by atoms with van der Waals surface area (Å²) < 4.78 is 53.2. The molecular weight excluding hydrogens is 466 g/mol. The zero-order valence-electron chi connectivity index (χ0n) is 18.3. The fourth-order valence-corrected chi connectivity index (χ4v) is 4.19. The molecule has 2 atom stereocenters. The molecule has 0 saturated heterocycles. The molecule has 3 amide bonds. The number of benzene rings is 1. The van der Waals surface area contributed by atoms with Gasteiger partial charge in [0.05, 0.1) is 18.4 Å². The Bertz CT molecular complexity index is 1220. The molecule has 1 aromatic heterocycles. The molecule has 5 rings (SSSR count). The van der Waals surface area contributed by atoms with Crippen molar-refractivity contribution in [2.24, 2.45) is 11.8 Å². The maximum Gasteiger partial charge on any atom is 0.396 e. The summed E-state index contributed by atoms with van der Waals surface area (Å²) in [5.74, 6) is -5.22. The van der Waals surface area contributed by atoms with Crippen LogP contribution in [0.2, 0.25) is 0 Å². The number of allylic oxidation sites excluding steroid dienone is 3. The molecule has 11 heteroatoms. The number of halogens is 4. The van der Waals surface area contributed by atoms with Crippen molar-refractivity contribution in [3.05, 3.63) is 66.1 Å². The Morgan fingerprint density at radius 2 is 1.83 bits per heavy atom. The van der Waals surface area contributed by atoms with Crippen molar-refractivity contribution in [3.8, 4) is 0 Å². The fraction of sp³-hybridized carbons (Fsp3) is 0.292. The van der Waals surface area contributed by atoms with Gasteiger partial charge in [-0.05, 0) is 55.3 Å². The number of carbonyl (C=O) groups is 2. The Hall–Kier alpha value is -3.89. The summed E-state index contributed by atoms with van der Waals surface area (Å²) >= 11 is 0. The Labute approximate surface area is 197 Å². The Kier molecular flexibility index (Phi) is 5.70. The van der Waals surface area contributed by atoms with Crippen LogP contribution in [0.5, 0.6) is 0 Å². The Morgan fingerprint density at radius 1 is 1.11 bits per heavy atom. The van der Waals surface area contributed by atoms with Gasteiger partial charge in [-0.3, -0.25) is 10.1 Å². The fourth-order valence-electron chi connectivity index (χ4n) is 4.19. The molecule has 2 unspecified atom stereocenters. The van der Waals surface area contributed by atoms with Crippen LogP contribution in [0.15, 0.2) is 60.6 Å². The van der Waals surface area contributed by atoms with Crippen molar-refractivity contribution in [1.29, 1.82) is 0 Å². The lowest BCUT2D eigenvalue weighted by atomic mass is 9.86. The van der Waals surface area contributed by atoms with Crippen LogP contribution in [0.3, 0.4) is 0 Å². The molecule has 2 aliphatic carbocycles. The van der Waals surface area contributed by atoms with E-state index in [2.05, 4.69) is 20.9 Å². The third-order valence-corrected chi connectivity index (χ3v) is 6.16. The lowest BCUT2D eigenvalue weighted by Gasteiger charge is -2.30. The molecule has 1 aromatic carbocycles. The third kappa shape index (κ3) is 4.84. The van der Waals surface area contributed by atoms with Gasteiger partial charge < -0.3 is 15.5 Å². The summed E-state index contributed by atoms with van der Waals surface area (Å²) in [6.07, 6.45) is 0.982.